The minimum Gasteiger partial charge on any atom is -0.459 e. The van der Waals surface area contributed by atoms with Crippen LogP contribution in [0.15, 0.2) is 114 Å². The highest BCUT2D eigenvalue weighted by Crippen LogP contribution is 2.62. The van der Waals surface area contributed by atoms with Gasteiger partial charge >= 0.3 is 12.2 Å². The van der Waals surface area contributed by atoms with E-state index >= 15 is 0 Å². The molecule has 16 heteroatoms. The molecule has 0 saturated heterocycles. The van der Waals surface area contributed by atoms with Crippen molar-refractivity contribution in [2.45, 2.75) is 147 Å². The number of nitrogens with one attached hydrogen (secondary N) is 1. The normalized spacial score (nSPS) is 20.8. The number of benzene rings is 4. The Morgan fingerprint density at radius 2 is 1.62 bits per heavy atom. The molecule has 2 aliphatic carbocycles. The molecule has 4 aromatic carbocycles. The summed E-state index contributed by atoms with van der Waals surface area (Å²) in [6.07, 6.45) is 18.7. The summed E-state index contributed by atoms with van der Waals surface area (Å²) in [6, 6.07) is 24.5. The fraction of sp³-hybridized carbons (Fsp3) is 0.525. The molecule has 1 saturated carbocycles. The smallest absolute Gasteiger partial charge is 0.412 e. The highest BCUT2D eigenvalue weighted by molar-refractivity contribution is 6.18. The Balaban J connectivity index is 1.32. The summed E-state index contributed by atoms with van der Waals surface area (Å²) >= 11 is 6.20. The maximum absolute atomic E-state index is 15.0. The van der Waals surface area contributed by atoms with Gasteiger partial charge in [0.1, 0.15) is 30.8 Å². The van der Waals surface area contributed by atoms with Gasteiger partial charge in [-0.05, 0) is 102 Å². The minimum atomic E-state index is -1.61. The van der Waals surface area contributed by atoms with Crippen molar-refractivity contribution >= 4 is 46.0 Å². The fourth-order valence-corrected chi connectivity index (χ4v) is 11.8. The molecule has 4 aromatic rings. The quantitative estimate of drug-likeness (QED) is 0.0139. The van der Waals surface area contributed by atoms with E-state index < -0.39 is 40.8 Å². The van der Waals surface area contributed by atoms with Crippen molar-refractivity contribution in [3.63, 3.8) is 0 Å². The van der Waals surface area contributed by atoms with Crippen LogP contribution in [0.5, 0.6) is 11.5 Å². The summed E-state index contributed by atoms with van der Waals surface area (Å²) in [7, 11) is 0. The molecule has 0 aromatic heterocycles. The molecule has 0 radical (unpaired) electrons. The highest BCUT2D eigenvalue weighted by Gasteiger charge is 2.66. The van der Waals surface area contributed by atoms with Gasteiger partial charge in [0.05, 0.1) is 35.6 Å². The molecular weight excluding hydrogens is 1000 g/mol. The van der Waals surface area contributed by atoms with Crippen molar-refractivity contribution in [3.05, 3.63) is 136 Å². The summed E-state index contributed by atoms with van der Waals surface area (Å²) in [5, 5.41) is 41.5. The predicted octanol–water partition coefficient (Wildman–Crippen LogP) is 13.5. The second-order valence-electron chi connectivity index (χ2n) is 20.5. The van der Waals surface area contributed by atoms with Gasteiger partial charge in [0.2, 0.25) is 5.79 Å². The average Bonchev–Trinajstić information content (AvgIpc) is 3.55. The van der Waals surface area contributed by atoms with E-state index in [1.807, 2.05) is 54.6 Å². The SMILES string of the molecule is C=CCO[C@@]12Oc3ccc(OC(=O)NCCCCCCCCCCCC)cc3[C@H]3[C@H](CCCCO)[C@@H](CCCCO)C=C(C(=NOCc4ccc([N+](=O)[O-])cc4)C[C@@H]1N(Cc1cccc4ccccc14)C(=O)OCCCl)[C@H]32. The molecular formula is C61H79ClN4O11. The topological polar surface area (TPSA) is 192 Å². The van der Waals surface area contributed by atoms with Crippen molar-refractivity contribution in [2.24, 2.45) is 22.9 Å². The van der Waals surface area contributed by atoms with Gasteiger partial charge in [-0.1, -0.05) is 137 Å². The number of nitrogens with zero attached hydrogens (tertiary/aromatic N) is 3. The van der Waals surface area contributed by atoms with Gasteiger partial charge in [0.25, 0.3) is 5.69 Å². The Bertz CT molecular complexity index is 2610. The number of nitro groups is 1. The summed E-state index contributed by atoms with van der Waals surface area (Å²) < 4.78 is 26.6. The lowest BCUT2D eigenvalue weighted by atomic mass is 9.55. The van der Waals surface area contributed by atoms with Gasteiger partial charge in [-0.25, -0.2) is 9.59 Å². The number of carbonyl (C=O) groups is 2. The van der Waals surface area contributed by atoms with Crippen molar-refractivity contribution in [3.8, 4) is 11.5 Å². The molecule has 0 spiro atoms. The van der Waals surface area contributed by atoms with E-state index in [0.717, 1.165) is 59.6 Å². The van der Waals surface area contributed by atoms with E-state index in [4.69, 9.17) is 40.5 Å². The van der Waals surface area contributed by atoms with Crippen molar-refractivity contribution in [1.82, 2.24) is 10.2 Å². The number of oxime groups is 1. The first-order chi connectivity index (χ1) is 37.7. The number of aliphatic hydroxyl groups excluding tert-OH is 2. The number of fused-ring (bicyclic) bond motifs is 3. The van der Waals surface area contributed by atoms with Crippen LogP contribution in [-0.2, 0) is 27.5 Å². The number of amides is 2. The lowest BCUT2D eigenvalue weighted by Gasteiger charge is -2.59. The third kappa shape index (κ3) is 15.4. The van der Waals surface area contributed by atoms with Gasteiger partial charge in [-0.2, -0.15) is 0 Å². The number of alkyl halides is 1. The van der Waals surface area contributed by atoms with Crippen LogP contribution in [0, 0.1) is 27.9 Å². The van der Waals surface area contributed by atoms with Gasteiger partial charge in [0, 0.05) is 49.8 Å². The molecule has 3 aliphatic rings. The molecule has 0 unspecified atom stereocenters. The number of unbranched alkanes of at least 4 members (excludes halogenated alkanes) is 11. The molecule has 7 rings (SSSR count). The molecule has 6 atom stereocenters. The van der Waals surface area contributed by atoms with Gasteiger partial charge in [-0.3, -0.25) is 15.0 Å². The molecule has 1 heterocycles. The number of hydrogen-bond donors (Lipinski definition) is 3. The number of rotatable bonds is 32. The zero-order chi connectivity index (χ0) is 54.4. The number of aliphatic hydroxyl groups is 2. The van der Waals surface area contributed by atoms with Crippen LogP contribution in [-0.4, -0.2) is 88.6 Å². The zero-order valence-corrected chi connectivity index (χ0v) is 45.6. The Hall–Kier alpha value is -6.00. The van der Waals surface area contributed by atoms with Crippen molar-refractivity contribution in [2.75, 3.05) is 38.9 Å². The summed E-state index contributed by atoms with van der Waals surface area (Å²) in [6.45, 7) is 6.91. The molecule has 416 valence electrons. The van der Waals surface area contributed by atoms with Gasteiger partial charge in [0.15, 0.2) is 0 Å². The third-order valence-electron chi connectivity index (χ3n) is 15.3. The number of carbonyl (C=O) groups excluding carboxylic acids is 2. The van der Waals surface area contributed by atoms with Crippen molar-refractivity contribution < 1.29 is 48.5 Å². The number of nitro benzene ring substituents is 1. The Morgan fingerprint density at radius 3 is 2.34 bits per heavy atom. The predicted molar refractivity (Wildman–Crippen MR) is 300 cm³/mol. The molecule has 15 nitrogen and oxygen atoms in total. The van der Waals surface area contributed by atoms with E-state index in [2.05, 4.69) is 24.9 Å². The van der Waals surface area contributed by atoms with Crippen LogP contribution in [0.2, 0.25) is 0 Å². The van der Waals surface area contributed by atoms with Crippen LogP contribution in [0.25, 0.3) is 10.8 Å². The van der Waals surface area contributed by atoms with E-state index in [0.29, 0.717) is 55.0 Å². The van der Waals surface area contributed by atoms with Crippen LogP contribution in [0.4, 0.5) is 15.3 Å². The first kappa shape index (κ1) is 58.7. The lowest BCUT2D eigenvalue weighted by molar-refractivity contribution is -0.384. The number of halogens is 1. The zero-order valence-electron chi connectivity index (χ0n) is 44.8. The largest absolute Gasteiger partial charge is 0.459 e. The first-order valence-electron chi connectivity index (χ1n) is 28.0. The molecule has 1 aliphatic heterocycles. The maximum atomic E-state index is 15.0. The van der Waals surface area contributed by atoms with Crippen LogP contribution < -0.4 is 14.8 Å². The fourth-order valence-electron chi connectivity index (χ4n) is 11.7. The molecule has 1 fully saturated rings. The average molecular weight is 1080 g/mol. The number of non-ortho nitro benzene ring substituents is 1. The molecule has 77 heavy (non-hydrogen) atoms. The highest BCUT2D eigenvalue weighted by atomic mass is 35.5. The molecule has 0 bridgehead atoms. The van der Waals surface area contributed by atoms with E-state index in [-0.39, 0.29) is 69.4 Å². The van der Waals surface area contributed by atoms with Gasteiger partial charge < -0.3 is 39.3 Å². The maximum Gasteiger partial charge on any atom is 0.412 e. The van der Waals surface area contributed by atoms with Gasteiger partial charge in [-0.15, -0.1) is 18.2 Å². The van der Waals surface area contributed by atoms with Crippen molar-refractivity contribution in [1.29, 1.82) is 0 Å². The Labute approximate surface area is 459 Å². The lowest BCUT2D eigenvalue weighted by Crippen LogP contribution is -2.70. The van der Waals surface area contributed by atoms with Crippen LogP contribution in [0.1, 0.15) is 139 Å². The number of hydrogen-bond acceptors (Lipinski definition) is 12. The third-order valence-corrected chi connectivity index (χ3v) is 15.5. The Morgan fingerprint density at radius 1 is 0.909 bits per heavy atom. The molecule has 3 N–H and O–H groups in total. The standard InChI is InChI=1S/C61H79ClN4O11/c1-3-5-6-7-8-9-10-11-12-17-34-63-59(69)76-49-31-32-55-53(40-49)57-51(26-16-19-36-68)46(22-15-18-35-67)39-52-54(64-75-43-44-27-29-48(30-28-44)66(71)72)41-56(61(77-55,58(52)57)74-37-4-2)65(60(70)73-38-33-62)42-47-24-20-23-45-21-13-14-25-50(45)47/h4,13-14,20-21,23-25,27-32,39-40,46,51,56-58,67-68H,2-3,5-12,15-19,22,26,33-38,41-43H2,1H3,(H,63,69)/t46-,51+,56-,57+,58+,61+/m0/s1. The van der Waals surface area contributed by atoms with E-state index in [1.165, 1.54) is 57.1 Å². The summed E-state index contributed by atoms with van der Waals surface area (Å²) in [5.74, 6) is -1.94. The van der Waals surface area contributed by atoms with Crippen LogP contribution >= 0.6 is 11.6 Å². The second kappa shape index (κ2) is 30.2. The first-order valence-corrected chi connectivity index (χ1v) is 28.5. The molecule has 2 amide bonds. The number of ether oxygens (including phenoxy) is 4. The summed E-state index contributed by atoms with van der Waals surface area (Å²) in [5.41, 5.74) is 3.61. The summed E-state index contributed by atoms with van der Waals surface area (Å²) in [4.78, 5) is 47.4. The Kier molecular flexibility index (Phi) is 23.0. The number of allylic oxidation sites excluding steroid dienone is 1. The van der Waals surface area contributed by atoms with E-state index in [1.54, 1.807) is 29.2 Å². The van der Waals surface area contributed by atoms with Crippen LogP contribution in [0.3, 0.4) is 0 Å². The van der Waals surface area contributed by atoms with E-state index in [9.17, 15) is 29.9 Å². The second-order valence-corrected chi connectivity index (χ2v) is 20.9. The minimum absolute atomic E-state index is 0.00582. The monoisotopic (exact) mass is 1080 g/mol.